The van der Waals surface area contributed by atoms with Crippen LogP contribution in [0.2, 0.25) is 5.02 Å². The van der Waals surface area contributed by atoms with Crippen molar-refractivity contribution < 1.29 is 13.9 Å². The van der Waals surface area contributed by atoms with Crippen LogP contribution in [-0.2, 0) is 17.8 Å². The summed E-state index contributed by atoms with van der Waals surface area (Å²) < 4.78 is 21.6. The second-order valence-corrected chi connectivity index (χ2v) is 9.48. The molecule has 0 aliphatic heterocycles. The van der Waals surface area contributed by atoms with Gasteiger partial charge in [0.2, 0.25) is 5.91 Å². The molecule has 36 heavy (non-hydrogen) atoms. The Morgan fingerprint density at radius 2 is 1.83 bits per heavy atom. The molecule has 0 spiro atoms. The van der Waals surface area contributed by atoms with Crippen molar-refractivity contribution in [2.45, 2.75) is 33.2 Å². The van der Waals surface area contributed by atoms with Gasteiger partial charge < -0.3 is 10.1 Å². The van der Waals surface area contributed by atoms with E-state index in [0.29, 0.717) is 36.1 Å². The molecular formula is C29H29ClFN3O2. The van der Waals surface area contributed by atoms with Gasteiger partial charge in [-0.05, 0) is 66.1 Å². The smallest absolute Gasteiger partial charge is 0.220 e. The molecule has 0 aliphatic rings. The van der Waals surface area contributed by atoms with E-state index in [-0.39, 0.29) is 18.1 Å². The molecule has 0 saturated carbocycles. The maximum atomic E-state index is 14.0. The molecule has 0 atom stereocenters. The molecule has 1 heterocycles. The van der Waals surface area contributed by atoms with Gasteiger partial charge in [-0.15, -0.1) is 0 Å². The summed E-state index contributed by atoms with van der Waals surface area (Å²) in [6.45, 7) is 5.25. The lowest BCUT2D eigenvalue weighted by Gasteiger charge is -2.11. The highest BCUT2D eigenvalue weighted by Crippen LogP contribution is 2.26. The maximum absolute atomic E-state index is 14.0. The molecule has 0 saturated heterocycles. The molecule has 186 valence electrons. The summed E-state index contributed by atoms with van der Waals surface area (Å²) in [6, 6.07) is 23.4. The molecule has 7 heteroatoms. The number of carbonyl (C=O) groups excluding carboxylic acids is 1. The van der Waals surface area contributed by atoms with Crippen molar-refractivity contribution in [1.29, 1.82) is 0 Å². The van der Waals surface area contributed by atoms with Crippen molar-refractivity contribution in [2.24, 2.45) is 5.92 Å². The summed E-state index contributed by atoms with van der Waals surface area (Å²) in [5.41, 5.74) is 3.96. The summed E-state index contributed by atoms with van der Waals surface area (Å²) >= 11 is 6.01. The lowest BCUT2D eigenvalue weighted by atomic mass is 10.1. The molecular weight excluding hydrogens is 477 g/mol. The first-order valence-corrected chi connectivity index (χ1v) is 12.3. The average molecular weight is 506 g/mol. The first-order valence-electron chi connectivity index (χ1n) is 12.0. The second-order valence-electron chi connectivity index (χ2n) is 9.05. The van der Waals surface area contributed by atoms with Crippen LogP contribution in [-0.4, -0.2) is 22.3 Å². The zero-order chi connectivity index (χ0) is 25.5. The van der Waals surface area contributed by atoms with Crippen LogP contribution in [0.5, 0.6) is 5.75 Å². The average Bonchev–Trinajstić information content (AvgIpc) is 3.30. The van der Waals surface area contributed by atoms with Crippen LogP contribution in [0.1, 0.15) is 31.5 Å². The van der Waals surface area contributed by atoms with E-state index in [1.54, 1.807) is 16.8 Å². The third kappa shape index (κ3) is 6.95. The molecule has 4 rings (SSSR count). The summed E-state index contributed by atoms with van der Waals surface area (Å²) in [4.78, 5) is 12.5. The Bertz CT molecular complexity index is 1320. The van der Waals surface area contributed by atoms with Crippen molar-refractivity contribution >= 4 is 17.5 Å². The molecule has 0 bridgehead atoms. The molecule has 0 unspecified atom stereocenters. The lowest BCUT2D eigenvalue weighted by Crippen LogP contribution is -2.23. The van der Waals surface area contributed by atoms with E-state index >= 15 is 0 Å². The van der Waals surface area contributed by atoms with Gasteiger partial charge in [0.15, 0.2) is 0 Å². The van der Waals surface area contributed by atoms with Gasteiger partial charge in [-0.2, -0.15) is 5.10 Å². The summed E-state index contributed by atoms with van der Waals surface area (Å²) in [6.07, 6.45) is 0.731. The first-order chi connectivity index (χ1) is 17.4. The predicted octanol–water partition coefficient (Wildman–Crippen LogP) is 6.62. The number of rotatable bonds is 10. The van der Waals surface area contributed by atoms with Crippen molar-refractivity contribution in [3.05, 3.63) is 101 Å². The van der Waals surface area contributed by atoms with Gasteiger partial charge in [0, 0.05) is 30.0 Å². The number of nitrogens with zero attached hydrogens (tertiary/aromatic N) is 2. The highest BCUT2D eigenvalue weighted by atomic mass is 35.5. The number of ether oxygens (including phenoxy) is 1. The standard InChI is InChI=1S/C29H29ClFN3O2/c1-20(2)19-36-27-12-10-26(11-13-27)34-28(22-6-4-8-24(31)16-22)17-25(33-34)9-14-29(35)32-18-21-5-3-7-23(30)15-21/h3-8,10-13,15-17,20H,9,14,18-19H2,1-2H3,(H,32,35). The SMILES string of the molecule is CC(C)COc1ccc(-n2nc(CCC(=O)NCc3cccc(Cl)c3)cc2-c2cccc(F)c2)cc1. The van der Waals surface area contributed by atoms with E-state index in [2.05, 4.69) is 19.2 Å². The summed E-state index contributed by atoms with van der Waals surface area (Å²) in [7, 11) is 0. The minimum atomic E-state index is -0.320. The van der Waals surface area contributed by atoms with E-state index in [9.17, 15) is 9.18 Å². The third-order valence-electron chi connectivity index (χ3n) is 5.53. The molecule has 4 aromatic rings. The van der Waals surface area contributed by atoms with Gasteiger partial charge in [0.25, 0.3) is 0 Å². The molecule has 3 aromatic carbocycles. The monoisotopic (exact) mass is 505 g/mol. The normalized spacial score (nSPS) is 11.0. The quantitative estimate of drug-likeness (QED) is 0.263. The molecule has 1 N–H and O–H groups in total. The van der Waals surface area contributed by atoms with Crippen molar-refractivity contribution in [3.8, 4) is 22.7 Å². The van der Waals surface area contributed by atoms with Gasteiger partial charge in [-0.25, -0.2) is 9.07 Å². The summed E-state index contributed by atoms with van der Waals surface area (Å²) in [5, 5.41) is 8.30. The second kappa shape index (κ2) is 11.9. The van der Waals surface area contributed by atoms with E-state index in [0.717, 1.165) is 28.4 Å². The molecule has 0 radical (unpaired) electrons. The lowest BCUT2D eigenvalue weighted by molar-refractivity contribution is -0.121. The van der Waals surface area contributed by atoms with Crippen LogP contribution in [0.15, 0.2) is 78.9 Å². The fraction of sp³-hybridized carbons (Fsp3) is 0.241. The maximum Gasteiger partial charge on any atom is 0.220 e. The Labute approximate surface area is 215 Å². The molecule has 1 amide bonds. The number of benzene rings is 3. The zero-order valence-corrected chi connectivity index (χ0v) is 21.1. The van der Waals surface area contributed by atoms with Gasteiger partial charge >= 0.3 is 0 Å². The van der Waals surface area contributed by atoms with E-state index in [4.69, 9.17) is 21.4 Å². The summed E-state index contributed by atoms with van der Waals surface area (Å²) in [5.74, 6) is 0.812. The highest BCUT2D eigenvalue weighted by molar-refractivity contribution is 6.30. The number of aromatic nitrogens is 2. The number of nitrogens with one attached hydrogen (secondary N) is 1. The Hall–Kier alpha value is -3.64. The zero-order valence-electron chi connectivity index (χ0n) is 20.4. The minimum Gasteiger partial charge on any atom is -0.493 e. The van der Waals surface area contributed by atoms with Crippen LogP contribution in [0.3, 0.4) is 0 Å². The number of amides is 1. The van der Waals surface area contributed by atoms with Gasteiger partial charge in [0.05, 0.1) is 23.7 Å². The Kier molecular flexibility index (Phi) is 8.39. The van der Waals surface area contributed by atoms with Crippen molar-refractivity contribution in [2.75, 3.05) is 6.61 Å². The number of aryl methyl sites for hydroxylation is 1. The van der Waals surface area contributed by atoms with Gasteiger partial charge in [0.1, 0.15) is 11.6 Å². The van der Waals surface area contributed by atoms with Crippen LogP contribution < -0.4 is 10.1 Å². The first kappa shape index (κ1) is 25.5. The van der Waals surface area contributed by atoms with E-state index < -0.39 is 0 Å². The number of hydrogen-bond acceptors (Lipinski definition) is 3. The van der Waals surface area contributed by atoms with Gasteiger partial charge in [-0.1, -0.05) is 49.7 Å². The van der Waals surface area contributed by atoms with E-state index in [1.807, 2.05) is 54.6 Å². The van der Waals surface area contributed by atoms with Crippen LogP contribution in [0, 0.1) is 11.7 Å². The Morgan fingerprint density at radius 3 is 2.56 bits per heavy atom. The van der Waals surface area contributed by atoms with Gasteiger partial charge in [-0.3, -0.25) is 4.79 Å². The third-order valence-corrected chi connectivity index (χ3v) is 5.77. The highest BCUT2D eigenvalue weighted by Gasteiger charge is 2.14. The Balaban J connectivity index is 1.50. The topological polar surface area (TPSA) is 56.2 Å². The number of carbonyl (C=O) groups is 1. The molecule has 0 aliphatic carbocycles. The number of hydrogen-bond donors (Lipinski definition) is 1. The van der Waals surface area contributed by atoms with Crippen molar-refractivity contribution in [1.82, 2.24) is 15.1 Å². The largest absolute Gasteiger partial charge is 0.493 e. The molecule has 0 fully saturated rings. The van der Waals surface area contributed by atoms with Crippen LogP contribution >= 0.6 is 11.6 Å². The fourth-order valence-electron chi connectivity index (χ4n) is 3.73. The molecule has 1 aromatic heterocycles. The fourth-order valence-corrected chi connectivity index (χ4v) is 3.94. The van der Waals surface area contributed by atoms with Crippen molar-refractivity contribution in [3.63, 3.8) is 0 Å². The number of halogens is 2. The van der Waals surface area contributed by atoms with Crippen LogP contribution in [0.25, 0.3) is 16.9 Å². The minimum absolute atomic E-state index is 0.0801. The van der Waals surface area contributed by atoms with Crippen LogP contribution in [0.4, 0.5) is 4.39 Å². The van der Waals surface area contributed by atoms with E-state index in [1.165, 1.54) is 12.1 Å². The Morgan fingerprint density at radius 1 is 1.06 bits per heavy atom. The predicted molar refractivity (Wildman–Crippen MR) is 141 cm³/mol. The molecule has 5 nitrogen and oxygen atoms in total.